The SMILES string of the molecule is O=P(c1cc(C(F)(F)F)cc(C(F)(F)F)c1)(c1cc2ccccc2c2ccccc12)c1cc2ccccc2c2ccccc12. The van der Waals surface area contributed by atoms with Gasteiger partial charge >= 0.3 is 12.4 Å². The third kappa shape index (κ3) is 4.46. The molecule has 0 aliphatic heterocycles. The fraction of sp³-hybridized carbons (Fsp3) is 0.0556. The second-order valence-corrected chi connectivity index (χ2v) is 13.4. The summed E-state index contributed by atoms with van der Waals surface area (Å²) in [5.41, 5.74) is -3.03. The van der Waals surface area contributed by atoms with E-state index in [2.05, 4.69) is 0 Å². The van der Waals surface area contributed by atoms with E-state index in [-0.39, 0.29) is 16.7 Å². The number of fused-ring (bicyclic) bond motifs is 6. The van der Waals surface area contributed by atoms with Gasteiger partial charge in [0.1, 0.15) is 0 Å². The van der Waals surface area contributed by atoms with Crippen LogP contribution in [0.25, 0.3) is 43.1 Å². The van der Waals surface area contributed by atoms with Crippen molar-refractivity contribution in [1.82, 2.24) is 0 Å². The fourth-order valence-electron chi connectivity index (χ4n) is 6.12. The molecule has 0 atom stereocenters. The van der Waals surface area contributed by atoms with Crippen LogP contribution in [0.4, 0.5) is 26.3 Å². The van der Waals surface area contributed by atoms with E-state index in [1.165, 1.54) is 0 Å². The van der Waals surface area contributed by atoms with Gasteiger partial charge in [0, 0.05) is 15.9 Å². The van der Waals surface area contributed by atoms with Gasteiger partial charge in [-0.2, -0.15) is 26.3 Å². The quantitative estimate of drug-likeness (QED) is 0.110. The van der Waals surface area contributed by atoms with Gasteiger partial charge in [-0.1, -0.05) is 97.1 Å². The zero-order valence-electron chi connectivity index (χ0n) is 22.7. The molecule has 0 saturated heterocycles. The van der Waals surface area contributed by atoms with Crippen molar-refractivity contribution in [2.45, 2.75) is 12.4 Å². The molecule has 7 rings (SSSR count). The predicted molar refractivity (Wildman–Crippen MR) is 166 cm³/mol. The zero-order chi connectivity index (χ0) is 30.9. The third-order valence-electron chi connectivity index (χ3n) is 8.11. The van der Waals surface area contributed by atoms with Crippen LogP contribution < -0.4 is 15.9 Å². The van der Waals surface area contributed by atoms with E-state index in [9.17, 15) is 26.3 Å². The molecule has 7 aromatic carbocycles. The van der Waals surface area contributed by atoms with Crippen LogP contribution in [0.1, 0.15) is 11.1 Å². The summed E-state index contributed by atoms with van der Waals surface area (Å²) in [6.07, 6.45) is -10.2. The van der Waals surface area contributed by atoms with E-state index in [0.29, 0.717) is 44.5 Å². The van der Waals surface area contributed by atoms with E-state index in [1.54, 1.807) is 72.8 Å². The molecule has 218 valence electrons. The lowest BCUT2D eigenvalue weighted by Gasteiger charge is -2.26. The zero-order valence-corrected chi connectivity index (χ0v) is 23.6. The van der Waals surface area contributed by atoms with Crippen molar-refractivity contribution >= 4 is 66.1 Å². The number of alkyl halides is 6. The summed E-state index contributed by atoms with van der Waals surface area (Å²) in [7, 11) is -4.47. The predicted octanol–water partition coefficient (Wildman–Crippen LogP) is 9.98. The van der Waals surface area contributed by atoms with Crippen molar-refractivity contribution in [3.8, 4) is 0 Å². The van der Waals surface area contributed by atoms with Gasteiger partial charge in [0.25, 0.3) is 0 Å². The van der Waals surface area contributed by atoms with E-state index < -0.39 is 35.9 Å². The van der Waals surface area contributed by atoms with Crippen molar-refractivity contribution in [2.75, 3.05) is 0 Å². The van der Waals surface area contributed by atoms with Gasteiger partial charge in [-0.15, -0.1) is 0 Å². The molecule has 0 aliphatic rings. The maximum Gasteiger partial charge on any atom is 0.416 e. The van der Waals surface area contributed by atoms with Gasteiger partial charge in [0.15, 0.2) is 7.14 Å². The lowest BCUT2D eigenvalue weighted by atomic mass is 10.0. The van der Waals surface area contributed by atoms with Crippen molar-refractivity contribution < 1.29 is 30.9 Å². The molecule has 0 N–H and O–H groups in total. The normalized spacial score (nSPS) is 12.9. The van der Waals surface area contributed by atoms with E-state index in [1.807, 2.05) is 36.4 Å². The smallest absolute Gasteiger partial charge is 0.309 e. The Balaban J connectivity index is 1.72. The Labute approximate surface area is 247 Å². The van der Waals surface area contributed by atoms with Crippen molar-refractivity contribution in [3.63, 3.8) is 0 Å². The highest BCUT2D eigenvalue weighted by atomic mass is 31.2. The Morgan fingerprint density at radius 1 is 0.409 bits per heavy atom. The van der Waals surface area contributed by atoms with Crippen LogP contribution in [0.2, 0.25) is 0 Å². The molecule has 0 aromatic heterocycles. The first-order chi connectivity index (χ1) is 21.0. The Morgan fingerprint density at radius 3 is 1.14 bits per heavy atom. The highest BCUT2D eigenvalue weighted by molar-refractivity contribution is 7.86. The standard InChI is InChI=1S/C36H21F6OP/c37-35(38,39)24-19-25(36(40,41)42)21-26(20-24)44(43,33-17-22-9-1-3-11-27(22)29-13-5-7-15-31(29)33)34-18-23-10-2-4-12-28(23)30-14-6-8-16-32(30)34/h1-21H. The van der Waals surface area contributed by atoms with Gasteiger partial charge in [-0.25, -0.2) is 0 Å². The molecule has 7 aromatic rings. The van der Waals surface area contributed by atoms with Crippen LogP contribution in [0.15, 0.2) is 127 Å². The minimum Gasteiger partial charge on any atom is -0.309 e. The molecule has 0 bridgehead atoms. The van der Waals surface area contributed by atoms with Crippen LogP contribution in [-0.4, -0.2) is 0 Å². The topological polar surface area (TPSA) is 17.1 Å². The summed E-state index contributed by atoms with van der Waals surface area (Å²) < 4.78 is 101. The van der Waals surface area contributed by atoms with Crippen molar-refractivity contribution in [3.05, 3.63) is 139 Å². The Hall–Kier alpha value is -4.61. The largest absolute Gasteiger partial charge is 0.416 e. The summed E-state index contributed by atoms with van der Waals surface area (Å²) in [5.74, 6) is 0. The summed E-state index contributed by atoms with van der Waals surface area (Å²) in [6.45, 7) is 0. The molecule has 0 saturated carbocycles. The van der Waals surface area contributed by atoms with Gasteiger partial charge in [0.05, 0.1) is 11.1 Å². The molecule has 8 heteroatoms. The summed E-state index contributed by atoms with van der Waals surface area (Å²) in [5, 5.41) is 5.10. The minimum atomic E-state index is -5.11. The first-order valence-electron chi connectivity index (χ1n) is 13.7. The van der Waals surface area contributed by atoms with Crippen LogP contribution in [0.5, 0.6) is 0 Å². The Morgan fingerprint density at radius 2 is 0.750 bits per heavy atom. The lowest BCUT2D eigenvalue weighted by molar-refractivity contribution is -0.142. The number of benzene rings is 7. The van der Waals surface area contributed by atoms with Crippen LogP contribution in [-0.2, 0) is 16.9 Å². The van der Waals surface area contributed by atoms with Gasteiger partial charge in [-0.3, -0.25) is 0 Å². The van der Waals surface area contributed by atoms with Crippen molar-refractivity contribution in [2.24, 2.45) is 0 Å². The molecule has 0 heterocycles. The van der Waals surface area contributed by atoms with Gasteiger partial charge in [-0.05, 0) is 73.4 Å². The average Bonchev–Trinajstić information content (AvgIpc) is 3.02. The van der Waals surface area contributed by atoms with Crippen LogP contribution in [0, 0.1) is 0 Å². The number of hydrogen-bond donors (Lipinski definition) is 0. The molecule has 0 fully saturated rings. The second kappa shape index (κ2) is 9.96. The van der Waals surface area contributed by atoms with Crippen LogP contribution in [0.3, 0.4) is 0 Å². The molecular formula is C36H21F6OP. The second-order valence-electron chi connectivity index (χ2n) is 10.7. The Bertz CT molecular complexity index is 2150. The maximum absolute atomic E-state index is 16.2. The summed E-state index contributed by atoms with van der Waals surface area (Å²) >= 11 is 0. The van der Waals surface area contributed by atoms with Crippen LogP contribution >= 0.6 is 7.14 Å². The molecule has 0 spiro atoms. The molecule has 0 amide bonds. The number of hydrogen-bond acceptors (Lipinski definition) is 1. The maximum atomic E-state index is 16.2. The van der Waals surface area contributed by atoms with E-state index >= 15 is 4.57 Å². The van der Waals surface area contributed by atoms with Crippen molar-refractivity contribution in [1.29, 1.82) is 0 Å². The third-order valence-corrected chi connectivity index (χ3v) is 11.2. The molecule has 0 radical (unpaired) electrons. The van der Waals surface area contributed by atoms with Gasteiger partial charge in [0.2, 0.25) is 0 Å². The lowest BCUT2D eigenvalue weighted by Crippen LogP contribution is -2.28. The molecule has 44 heavy (non-hydrogen) atoms. The monoisotopic (exact) mass is 614 g/mol. The molecule has 1 nitrogen and oxygen atoms in total. The number of rotatable bonds is 3. The van der Waals surface area contributed by atoms with E-state index in [0.717, 1.165) is 10.8 Å². The molecule has 0 aliphatic carbocycles. The highest BCUT2D eigenvalue weighted by Gasteiger charge is 2.41. The molecule has 0 unspecified atom stereocenters. The molecular weight excluding hydrogens is 593 g/mol. The van der Waals surface area contributed by atoms with E-state index in [4.69, 9.17) is 0 Å². The summed E-state index contributed by atoms with van der Waals surface area (Å²) in [6, 6.07) is 33.3. The summed E-state index contributed by atoms with van der Waals surface area (Å²) in [4.78, 5) is 0. The fourth-order valence-corrected chi connectivity index (χ4v) is 9.29. The number of halogens is 6. The Kier molecular flexibility index (Phi) is 6.38. The average molecular weight is 615 g/mol. The first kappa shape index (κ1) is 28.2. The first-order valence-corrected chi connectivity index (χ1v) is 15.4. The highest BCUT2D eigenvalue weighted by Crippen LogP contribution is 2.50. The van der Waals surface area contributed by atoms with Gasteiger partial charge < -0.3 is 4.57 Å². The minimum absolute atomic E-state index is 0.0742.